The third-order valence-electron chi connectivity index (χ3n) is 4.05. The quantitative estimate of drug-likeness (QED) is 0.608. The fraction of sp³-hybridized carbons (Fsp3) is 1.00. The Morgan fingerprint density at radius 2 is 1.79 bits per heavy atom. The van der Waals surface area contributed by atoms with Crippen molar-refractivity contribution in [3.8, 4) is 0 Å². The zero-order chi connectivity index (χ0) is 9.80. The van der Waals surface area contributed by atoms with Gasteiger partial charge in [-0.15, -0.1) is 0 Å². The molecule has 0 aromatic heterocycles. The molecule has 14 heavy (non-hydrogen) atoms. The molecule has 0 unspecified atom stereocenters. The molecule has 0 saturated heterocycles. The molecule has 82 valence electrons. The van der Waals surface area contributed by atoms with Gasteiger partial charge in [-0.2, -0.15) is 0 Å². The van der Waals surface area contributed by atoms with Gasteiger partial charge in [0.25, 0.3) is 0 Å². The molecule has 2 aliphatic carbocycles. The van der Waals surface area contributed by atoms with E-state index in [0.29, 0.717) is 6.10 Å². The summed E-state index contributed by atoms with van der Waals surface area (Å²) in [6, 6.07) is 0. The smallest absolute Gasteiger partial charge is 0.0580 e. The van der Waals surface area contributed by atoms with E-state index in [1.807, 2.05) is 0 Å². The SMILES string of the molecule is CCCCCO[C@@H]1C[C@H]2CCC[C@H]2C1. The monoisotopic (exact) mass is 196 g/mol. The number of hydrogen-bond donors (Lipinski definition) is 0. The van der Waals surface area contributed by atoms with Crippen LogP contribution in [0.4, 0.5) is 0 Å². The third-order valence-corrected chi connectivity index (χ3v) is 4.05. The van der Waals surface area contributed by atoms with Gasteiger partial charge in [0.05, 0.1) is 6.10 Å². The van der Waals surface area contributed by atoms with E-state index in [2.05, 4.69) is 6.92 Å². The van der Waals surface area contributed by atoms with E-state index in [4.69, 9.17) is 4.74 Å². The Morgan fingerprint density at radius 3 is 2.43 bits per heavy atom. The highest BCUT2D eigenvalue weighted by Crippen LogP contribution is 2.44. The van der Waals surface area contributed by atoms with Crippen LogP contribution >= 0.6 is 0 Å². The summed E-state index contributed by atoms with van der Waals surface area (Å²) < 4.78 is 5.94. The molecule has 0 heterocycles. The topological polar surface area (TPSA) is 9.23 Å². The zero-order valence-electron chi connectivity index (χ0n) is 9.50. The molecular weight excluding hydrogens is 172 g/mol. The lowest BCUT2D eigenvalue weighted by Crippen LogP contribution is -2.10. The van der Waals surface area contributed by atoms with Crippen LogP contribution in [0.1, 0.15) is 58.3 Å². The summed E-state index contributed by atoms with van der Waals surface area (Å²) in [5.74, 6) is 2.07. The molecule has 2 aliphatic rings. The van der Waals surface area contributed by atoms with Crippen LogP contribution in [-0.4, -0.2) is 12.7 Å². The second kappa shape index (κ2) is 5.16. The van der Waals surface area contributed by atoms with Crippen molar-refractivity contribution in [2.45, 2.75) is 64.4 Å². The van der Waals surface area contributed by atoms with Gasteiger partial charge in [-0.05, 0) is 31.1 Å². The molecule has 0 amide bonds. The van der Waals surface area contributed by atoms with E-state index in [1.54, 1.807) is 0 Å². The van der Waals surface area contributed by atoms with Crippen molar-refractivity contribution >= 4 is 0 Å². The van der Waals surface area contributed by atoms with Gasteiger partial charge in [0.15, 0.2) is 0 Å². The first-order valence-electron chi connectivity index (χ1n) is 6.51. The van der Waals surface area contributed by atoms with Crippen molar-refractivity contribution in [3.05, 3.63) is 0 Å². The predicted octanol–water partition coefficient (Wildman–Crippen LogP) is 3.77. The van der Waals surface area contributed by atoms with E-state index in [0.717, 1.165) is 18.4 Å². The van der Waals surface area contributed by atoms with Gasteiger partial charge < -0.3 is 4.74 Å². The maximum atomic E-state index is 5.94. The number of fused-ring (bicyclic) bond motifs is 1. The predicted molar refractivity (Wildman–Crippen MR) is 59.3 cm³/mol. The molecule has 3 atom stereocenters. The van der Waals surface area contributed by atoms with Crippen molar-refractivity contribution in [2.24, 2.45) is 11.8 Å². The summed E-state index contributed by atoms with van der Waals surface area (Å²) >= 11 is 0. The van der Waals surface area contributed by atoms with Crippen LogP contribution < -0.4 is 0 Å². The first-order chi connectivity index (χ1) is 6.90. The van der Waals surface area contributed by atoms with Gasteiger partial charge in [0.1, 0.15) is 0 Å². The lowest BCUT2D eigenvalue weighted by atomic mass is 10.0. The Morgan fingerprint density at radius 1 is 1.07 bits per heavy atom. The normalized spacial score (nSPS) is 36.2. The summed E-state index contributed by atoms with van der Waals surface area (Å²) in [7, 11) is 0. The van der Waals surface area contributed by atoms with Crippen LogP contribution in [0.25, 0.3) is 0 Å². The summed E-state index contributed by atoms with van der Waals surface area (Å²) in [4.78, 5) is 0. The van der Waals surface area contributed by atoms with Gasteiger partial charge in [0, 0.05) is 6.61 Å². The maximum absolute atomic E-state index is 5.94. The summed E-state index contributed by atoms with van der Waals surface area (Å²) in [5.41, 5.74) is 0. The average Bonchev–Trinajstić information content (AvgIpc) is 2.72. The Bertz CT molecular complexity index is 155. The number of hydrogen-bond acceptors (Lipinski definition) is 1. The molecule has 0 N–H and O–H groups in total. The molecule has 0 aromatic carbocycles. The molecule has 0 aromatic rings. The lowest BCUT2D eigenvalue weighted by molar-refractivity contribution is 0.0500. The van der Waals surface area contributed by atoms with E-state index in [-0.39, 0.29) is 0 Å². The van der Waals surface area contributed by atoms with Gasteiger partial charge >= 0.3 is 0 Å². The molecular formula is C13H24O. The van der Waals surface area contributed by atoms with Gasteiger partial charge in [0.2, 0.25) is 0 Å². The molecule has 1 heteroatoms. The van der Waals surface area contributed by atoms with E-state index < -0.39 is 0 Å². The summed E-state index contributed by atoms with van der Waals surface area (Å²) in [6.45, 7) is 3.26. The Hall–Kier alpha value is -0.0400. The molecule has 0 spiro atoms. The van der Waals surface area contributed by atoms with Crippen molar-refractivity contribution in [3.63, 3.8) is 0 Å². The first kappa shape index (κ1) is 10.5. The van der Waals surface area contributed by atoms with Gasteiger partial charge in [-0.3, -0.25) is 0 Å². The van der Waals surface area contributed by atoms with Crippen LogP contribution in [0, 0.1) is 11.8 Å². The van der Waals surface area contributed by atoms with Gasteiger partial charge in [-0.25, -0.2) is 0 Å². The van der Waals surface area contributed by atoms with E-state index >= 15 is 0 Å². The molecule has 1 nitrogen and oxygen atoms in total. The molecule has 2 rings (SSSR count). The highest BCUT2D eigenvalue weighted by atomic mass is 16.5. The highest BCUT2D eigenvalue weighted by molar-refractivity contribution is 4.88. The van der Waals surface area contributed by atoms with Crippen LogP contribution in [0.15, 0.2) is 0 Å². The van der Waals surface area contributed by atoms with Crippen molar-refractivity contribution in [2.75, 3.05) is 6.61 Å². The largest absolute Gasteiger partial charge is 0.378 e. The second-order valence-electron chi connectivity index (χ2n) is 5.12. The first-order valence-corrected chi connectivity index (χ1v) is 6.51. The standard InChI is InChI=1S/C13H24O/c1-2-3-4-8-14-13-9-11-6-5-7-12(11)10-13/h11-13H,2-10H2,1H3/t11-,12+,13-. The number of ether oxygens (including phenoxy) is 1. The van der Waals surface area contributed by atoms with Crippen LogP contribution in [0.2, 0.25) is 0 Å². The fourth-order valence-electron chi connectivity index (χ4n) is 3.24. The minimum atomic E-state index is 0.627. The fourth-order valence-corrected chi connectivity index (χ4v) is 3.24. The molecule has 0 bridgehead atoms. The summed E-state index contributed by atoms with van der Waals surface area (Å²) in [5, 5.41) is 0. The van der Waals surface area contributed by atoms with Crippen molar-refractivity contribution < 1.29 is 4.74 Å². The average molecular weight is 196 g/mol. The van der Waals surface area contributed by atoms with Crippen molar-refractivity contribution in [1.82, 2.24) is 0 Å². The van der Waals surface area contributed by atoms with Crippen molar-refractivity contribution in [1.29, 1.82) is 0 Å². The molecule has 0 aliphatic heterocycles. The second-order valence-corrected chi connectivity index (χ2v) is 5.12. The number of rotatable bonds is 5. The van der Waals surface area contributed by atoms with Crippen LogP contribution in [-0.2, 0) is 4.74 Å². The van der Waals surface area contributed by atoms with Gasteiger partial charge in [-0.1, -0.05) is 39.0 Å². The molecule has 0 radical (unpaired) electrons. The van der Waals surface area contributed by atoms with Crippen LogP contribution in [0.3, 0.4) is 0 Å². The lowest BCUT2D eigenvalue weighted by Gasteiger charge is -2.12. The number of unbranched alkanes of at least 4 members (excludes halogenated alkanes) is 2. The van der Waals surface area contributed by atoms with E-state index in [9.17, 15) is 0 Å². The van der Waals surface area contributed by atoms with Crippen LogP contribution in [0.5, 0.6) is 0 Å². The Labute approximate surface area is 88.2 Å². The third kappa shape index (κ3) is 2.50. The van der Waals surface area contributed by atoms with E-state index in [1.165, 1.54) is 51.4 Å². The molecule has 2 fully saturated rings. The molecule has 2 saturated carbocycles. The maximum Gasteiger partial charge on any atom is 0.0580 e. The minimum Gasteiger partial charge on any atom is -0.378 e. The summed E-state index contributed by atoms with van der Waals surface area (Å²) in [6.07, 6.45) is 11.7. The minimum absolute atomic E-state index is 0.627. The Balaban J connectivity index is 1.60. The Kier molecular flexibility index (Phi) is 3.86. The zero-order valence-corrected chi connectivity index (χ0v) is 9.50. The highest BCUT2D eigenvalue weighted by Gasteiger charge is 2.37.